The molecule has 1 fully saturated rings. The largest absolute Gasteiger partial charge is 0.497 e. The van der Waals surface area contributed by atoms with Gasteiger partial charge in [0.15, 0.2) is 0 Å². The number of benzene rings is 3. The van der Waals surface area contributed by atoms with Crippen molar-refractivity contribution in [3.63, 3.8) is 0 Å². The Morgan fingerprint density at radius 2 is 1.97 bits per heavy atom. The summed E-state index contributed by atoms with van der Waals surface area (Å²) in [4.78, 5) is 13.1. The number of hydrogen-bond donors (Lipinski definition) is 2. The predicted octanol–water partition coefficient (Wildman–Crippen LogP) is 4.21. The molecule has 1 amide bonds. The molecular formula is C26H25NO3. The van der Waals surface area contributed by atoms with Crippen molar-refractivity contribution in [2.45, 2.75) is 37.3 Å². The second kappa shape index (κ2) is 6.99. The molecule has 0 spiro atoms. The number of ether oxygens (including phenoxy) is 1. The lowest BCUT2D eigenvalue weighted by Gasteiger charge is -2.51. The number of hydrogen-bond acceptors (Lipinski definition) is 3. The second-order valence-corrected chi connectivity index (χ2v) is 8.14. The molecule has 3 aromatic rings. The number of carbonyl (C=O) groups excluding carboxylic acids is 1. The third-order valence-electron chi connectivity index (χ3n) is 6.48. The molecule has 3 aromatic carbocycles. The van der Waals surface area contributed by atoms with Gasteiger partial charge in [-0.05, 0) is 64.9 Å². The molecule has 0 radical (unpaired) electrons. The molecule has 2 N–H and O–H groups in total. The van der Waals surface area contributed by atoms with Crippen LogP contribution in [0.15, 0.2) is 72.3 Å². The van der Waals surface area contributed by atoms with Crippen LogP contribution in [0, 0.1) is 0 Å². The van der Waals surface area contributed by atoms with Gasteiger partial charge in [-0.2, -0.15) is 0 Å². The molecule has 2 aliphatic carbocycles. The van der Waals surface area contributed by atoms with E-state index in [1.807, 2.05) is 73.7 Å². The van der Waals surface area contributed by atoms with Crippen LogP contribution in [-0.4, -0.2) is 24.1 Å². The van der Waals surface area contributed by atoms with Crippen molar-refractivity contribution >= 4 is 16.7 Å². The topological polar surface area (TPSA) is 58.6 Å². The van der Waals surface area contributed by atoms with Crippen molar-refractivity contribution in [3.8, 4) is 5.75 Å². The van der Waals surface area contributed by atoms with Crippen molar-refractivity contribution in [2.75, 3.05) is 7.11 Å². The monoisotopic (exact) mass is 400 g/mol. The van der Waals surface area contributed by atoms with Crippen LogP contribution in [-0.2, 0) is 16.8 Å². The van der Waals surface area contributed by atoms with E-state index in [1.165, 1.54) is 0 Å². The summed E-state index contributed by atoms with van der Waals surface area (Å²) < 4.78 is 14.2. The lowest BCUT2D eigenvalue weighted by atomic mass is 9.62. The van der Waals surface area contributed by atoms with Crippen LogP contribution >= 0.6 is 0 Å². The third kappa shape index (κ3) is 2.83. The number of aliphatic hydroxyl groups is 1. The number of fused-ring (bicyclic) bond motifs is 4. The minimum atomic E-state index is -1.48. The van der Waals surface area contributed by atoms with E-state index in [9.17, 15) is 9.90 Å². The number of rotatable bonds is 4. The van der Waals surface area contributed by atoms with Gasteiger partial charge in [-0.15, -0.1) is 0 Å². The van der Waals surface area contributed by atoms with E-state index in [4.69, 9.17) is 6.11 Å². The molecule has 3 unspecified atom stereocenters. The highest BCUT2D eigenvalue weighted by Crippen LogP contribution is 2.50. The SMILES string of the molecule is [2H]C1(NC(=O)C(C)c2ccc3cc(OC)ccc3c2)CC2=CCc3ccccc3C21O. The van der Waals surface area contributed by atoms with Crippen molar-refractivity contribution in [2.24, 2.45) is 0 Å². The molecular weight excluding hydrogens is 374 g/mol. The molecule has 4 heteroatoms. The minimum Gasteiger partial charge on any atom is -0.497 e. The van der Waals surface area contributed by atoms with Crippen molar-refractivity contribution in [1.82, 2.24) is 5.32 Å². The molecule has 152 valence electrons. The van der Waals surface area contributed by atoms with Gasteiger partial charge in [-0.25, -0.2) is 0 Å². The molecule has 0 aromatic heterocycles. The zero-order chi connectivity index (χ0) is 21.8. The highest BCUT2D eigenvalue weighted by atomic mass is 16.5. The lowest BCUT2D eigenvalue weighted by Crippen LogP contribution is -2.61. The van der Waals surface area contributed by atoms with E-state index in [0.717, 1.165) is 45.2 Å². The average molecular weight is 400 g/mol. The van der Waals surface area contributed by atoms with Crippen LogP contribution in [0.4, 0.5) is 0 Å². The van der Waals surface area contributed by atoms with E-state index in [2.05, 4.69) is 5.32 Å². The first kappa shape index (κ1) is 17.7. The van der Waals surface area contributed by atoms with Crippen molar-refractivity contribution in [3.05, 3.63) is 89.0 Å². The van der Waals surface area contributed by atoms with Crippen molar-refractivity contribution < 1.29 is 16.0 Å². The Balaban J connectivity index is 1.41. The van der Waals surface area contributed by atoms with Gasteiger partial charge in [0.25, 0.3) is 0 Å². The summed E-state index contributed by atoms with van der Waals surface area (Å²) in [7, 11) is 1.64. The summed E-state index contributed by atoms with van der Waals surface area (Å²) in [5, 5.41) is 16.4. The summed E-state index contributed by atoms with van der Waals surface area (Å²) in [6, 6.07) is 17.9. The molecule has 30 heavy (non-hydrogen) atoms. The molecule has 4 nitrogen and oxygen atoms in total. The standard InChI is InChI=1S/C26H25NO3/c1-16(18-7-8-20-14-22(30-2)12-10-19(20)13-18)25(28)27-24-15-21-11-9-17-5-3-4-6-23(17)26(21,24)29/h3-8,10-14,16,24,29H,9,15H2,1-2H3,(H,27,28)/i24D. The Hall–Kier alpha value is -3.11. The maximum atomic E-state index is 13.1. The Labute approximate surface area is 177 Å². The Kier molecular flexibility index (Phi) is 4.13. The number of amides is 1. The quantitative estimate of drug-likeness (QED) is 0.645. The minimum absolute atomic E-state index is 0.265. The van der Waals surface area contributed by atoms with Crippen LogP contribution in [0.5, 0.6) is 5.75 Å². The van der Waals surface area contributed by atoms with Gasteiger partial charge in [0, 0.05) is 0 Å². The summed E-state index contributed by atoms with van der Waals surface area (Å²) in [5.41, 5.74) is 1.93. The zero-order valence-electron chi connectivity index (χ0n) is 18.1. The summed E-state index contributed by atoms with van der Waals surface area (Å²) >= 11 is 0. The molecule has 0 saturated heterocycles. The fraction of sp³-hybridized carbons (Fsp3) is 0.269. The van der Waals surface area contributed by atoms with E-state index in [0.29, 0.717) is 6.42 Å². The number of allylic oxidation sites excluding steroid dienone is 1. The summed E-state index contributed by atoms with van der Waals surface area (Å²) in [6.45, 7) is 1.83. The third-order valence-corrected chi connectivity index (χ3v) is 6.48. The van der Waals surface area contributed by atoms with Gasteiger partial charge >= 0.3 is 0 Å². The first-order chi connectivity index (χ1) is 14.9. The van der Waals surface area contributed by atoms with Crippen LogP contribution in [0.1, 0.15) is 37.3 Å². The number of methoxy groups -OCH3 is 1. The van der Waals surface area contributed by atoms with E-state index < -0.39 is 17.5 Å². The molecule has 1 saturated carbocycles. The van der Waals surface area contributed by atoms with Gasteiger partial charge in [0.05, 0.1) is 20.4 Å². The Morgan fingerprint density at radius 1 is 1.20 bits per heavy atom. The fourth-order valence-corrected chi connectivity index (χ4v) is 4.55. The Morgan fingerprint density at radius 3 is 2.80 bits per heavy atom. The zero-order valence-corrected chi connectivity index (χ0v) is 17.1. The summed E-state index contributed by atoms with van der Waals surface area (Å²) in [5.74, 6) is 0.0691. The number of carbonyl (C=O) groups is 1. The van der Waals surface area contributed by atoms with Crippen molar-refractivity contribution in [1.29, 1.82) is 0 Å². The molecule has 0 bridgehead atoms. The van der Waals surface area contributed by atoms with Crippen LogP contribution in [0.3, 0.4) is 0 Å². The normalized spacial score (nSPS) is 25.8. The van der Waals surface area contributed by atoms with E-state index >= 15 is 0 Å². The summed E-state index contributed by atoms with van der Waals surface area (Å²) in [6.07, 6.45) is 3.06. The van der Waals surface area contributed by atoms with Crippen LogP contribution in [0.2, 0.25) is 0 Å². The second-order valence-electron chi connectivity index (χ2n) is 8.14. The Bertz CT molecular complexity index is 1240. The fourth-order valence-electron chi connectivity index (χ4n) is 4.55. The van der Waals surface area contributed by atoms with E-state index in [1.54, 1.807) is 7.11 Å². The van der Waals surface area contributed by atoms with Crippen LogP contribution < -0.4 is 10.1 Å². The lowest BCUT2D eigenvalue weighted by molar-refractivity contribution is -0.126. The van der Waals surface area contributed by atoms with Gasteiger partial charge < -0.3 is 15.2 Å². The van der Waals surface area contributed by atoms with E-state index in [-0.39, 0.29) is 5.91 Å². The van der Waals surface area contributed by atoms with Gasteiger partial charge in [-0.1, -0.05) is 54.6 Å². The molecule has 3 atom stereocenters. The maximum Gasteiger partial charge on any atom is 0.227 e. The molecule has 0 aliphatic heterocycles. The molecule has 0 heterocycles. The first-order valence-electron chi connectivity index (χ1n) is 10.8. The van der Waals surface area contributed by atoms with Gasteiger partial charge in [0.1, 0.15) is 11.4 Å². The molecule has 5 rings (SSSR count). The average Bonchev–Trinajstić information content (AvgIpc) is 2.79. The number of nitrogens with one attached hydrogen (secondary N) is 1. The van der Waals surface area contributed by atoms with Gasteiger partial charge in [-0.3, -0.25) is 4.79 Å². The van der Waals surface area contributed by atoms with Gasteiger partial charge in [0.2, 0.25) is 5.91 Å². The highest BCUT2D eigenvalue weighted by Gasteiger charge is 2.53. The maximum absolute atomic E-state index is 13.1. The highest BCUT2D eigenvalue weighted by molar-refractivity contribution is 5.88. The predicted molar refractivity (Wildman–Crippen MR) is 118 cm³/mol. The molecule has 2 aliphatic rings. The van der Waals surface area contributed by atoms with Crippen LogP contribution in [0.25, 0.3) is 10.8 Å². The first-order valence-corrected chi connectivity index (χ1v) is 10.3. The smallest absolute Gasteiger partial charge is 0.227 e.